The summed E-state index contributed by atoms with van der Waals surface area (Å²) in [5.41, 5.74) is 0.752. The fraction of sp³-hybridized carbons (Fsp3) is 0.0441. The van der Waals surface area contributed by atoms with E-state index in [0.717, 1.165) is 22.1 Å². The third-order valence-corrected chi connectivity index (χ3v) is 19.4. The molecule has 1 atom stereocenters. The van der Waals surface area contributed by atoms with Crippen molar-refractivity contribution in [3.8, 4) is 5.75 Å². The van der Waals surface area contributed by atoms with Crippen LogP contribution in [0.25, 0.3) is 10.8 Å². The standard InChI is InChI=1S/3C18H15P.C14H14O3.Ag.H2O/c3*1-4-10-16(11-5-1)19(17-12-6-2-7-13-17)18-14-8-3-9-15-18;1-9(14(15)16)10-3-4-12-8-13(17-2)6-5-11(12)7-10;;/h3*1-15H;3-9H,1-2H3,(H,15,16);;1H2/q;;;;+1;/p-1. The van der Waals surface area contributed by atoms with Crippen molar-refractivity contribution in [3.63, 3.8) is 0 Å². The van der Waals surface area contributed by atoms with Gasteiger partial charge in [-0.3, -0.25) is 0 Å². The van der Waals surface area contributed by atoms with Crippen LogP contribution in [0, 0.1) is 0 Å². The molecule has 0 fully saturated rings. The smallest absolute Gasteiger partial charge is 0.550 e. The summed E-state index contributed by atoms with van der Waals surface area (Å²) in [7, 11) is 0.281. The Labute approximate surface area is 468 Å². The number of hydrogen-bond donors (Lipinski definition) is 0. The van der Waals surface area contributed by atoms with Crippen LogP contribution in [-0.4, -0.2) is 18.6 Å². The molecule has 0 aromatic heterocycles. The zero-order valence-corrected chi connectivity index (χ0v) is 46.6. The summed E-state index contributed by atoms with van der Waals surface area (Å²) in [5.74, 6) is -0.863. The minimum Gasteiger partial charge on any atom is -0.550 e. The first-order chi connectivity index (χ1) is 36.5. The normalized spacial score (nSPS) is 10.7. The van der Waals surface area contributed by atoms with Crippen LogP contribution in [0.5, 0.6) is 5.75 Å². The minimum absolute atomic E-state index is 0. The molecule has 0 bridgehead atoms. The van der Waals surface area contributed by atoms with E-state index >= 15 is 0 Å². The number of carboxylic acids is 1. The third-order valence-electron chi connectivity index (χ3n) is 12.1. The molecule has 2 N–H and O–H groups in total. The second-order valence-electron chi connectivity index (χ2n) is 17.0. The molecule has 11 aromatic rings. The van der Waals surface area contributed by atoms with Crippen LogP contribution in [0.1, 0.15) is 18.4 Å². The van der Waals surface area contributed by atoms with Gasteiger partial charge in [0.15, 0.2) is 0 Å². The molecule has 0 spiro atoms. The molecule has 0 aliphatic carbocycles. The molecule has 382 valence electrons. The van der Waals surface area contributed by atoms with Crippen LogP contribution in [0.2, 0.25) is 0 Å². The van der Waals surface area contributed by atoms with Crippen molar-refractivity contribution in [2.45, 2.75) is 12.8 Å². The number of benzene rings is 11. The first-order valence-corrected chi connectivity index (χ1v) is 28.6. The Morgan fingerprint density at radius 3 is 0.763 bits per heavy atom. The van der Waals surface area contributed by atoms with Crippen LogP contribution >= 0.6 is 23.8 Å². The summed E-state index contributed by atoms with van der Waals surface area (Å²) in [5, 5.41) is 25.4. The van der Waals surface area contributed by atoms with E-state index < -0.39 is 35.7 Å². The van der Waals surface area contributed by atoms with E-state index in [0.29, 0.717) is 0 Å². The maximum atomic E-state index is 10.8. The zero-order valence-electron chi connectivity index (χ0n) is 42.4. The van der Waals surface area contributed by atoms with Gasteiger partial charge in [-0.2, -0.15) is 0 Å². The van der Waals surface area contributed by atoms with E-state index in [1.807, 2.05) is 36.4 Å². The van der Waals surface area contributed by atoms with Crippen molar-refractivity contribution in [1.82, 2.24) is 0 Å². The average Bonchev–Trinajstić information content (AvgIpc) is 3.48. The fourth-order valence-electron chi connectivity index (χ4n) is 8.31. The number of fused-ring (bicyclic) bond motifs is 1. The summed E-state index contributed by atoms with van der Waals surface area (Å²) < 4.78 is 5.13. The number of aliphatic carboxylic acids is 1. The predicted octanol–water partition coefficient (Wildman–Crippen LogP) is 11.2. The van der Waals surface area contributed by atoms with Crippen molar-refractivity contribution in [2.24, 2.45) is 0 Å². The summed E-state index contributed by atoms with van der Waals surface area (Å²) in [4.78, 5) is 10.8. The van der Waals surface area contributed by atoms with Gasteiger partial charge >= 0.3 is 22.4 Å². The van der Waals surface area contributed by atoms with Crippen molar-refractivity contribution >= 4 is 88.2 Å². The average molecular weight is 1140 g/mol. The number of ether oxygens (including phenoxy) is 1. The molecule has 1 unspecified atom stereocenters. The number of carbonyl (C=O) groups excluding carboxylic acids is 1. The van der Waals surface area contributed by atoms with Gasteiger partial charge in [0.25, 0.3) is 0 Å². The van der Waals surface area contributed by atoms with E-state index in [-0.39, 0.29) is 27.9 Å². The third kappa shape index (κ3) is 16.5. The number of carboxylic acid groups (broad SMARTS) is 1. The molecular formula is C68H60AgO4P3. The predicted molar refractivity (Wildman–Crippen MR) is 323 cm³/mol. The number of methoxy groups -OCH3 is 1. The van der Waals surface area contributed by atoms with Gasteiger partial charge in [0.2, 0.25) is 0 Å². The van der Waals surface area contributed by atoms with Crippen LogP contribution < -0.4 is 57.6 Å². The maximum Gasteiger partial charge on any atom is 1.00 e. The first-order valence-electron chi connectivity index (χ1n) is 24.6. The van der Waals surface area contributed by atoms with Gasteiger partial charge < -0.3 is 20.1 Å². The van der Waals surface area contributed by atoms with Gasteiger partial charge in [0.1, 0.15) is 5.75 Å². The number of carbonyl (C=O) groups is 1. The van der Waals surface area contributed by atoms with E-state index in [1.54, 1.807) is 14.0 Å². The summed E-state index contributed by atoms with van der Waals surface area (Å²) in [6.07, 6.45) is 0. The number of rotatable bonds is 12. The van der Waals surface area contributed by atoms with Gasteiger partial charge in [-0.05, 0) is 100.0 Å². The Kier molecular flexibility index (Phi) is 23.8. The number of hydrogen-bond acceptors (Lipinski definition) is 3. The molecule has 0 amide bonds. The Morgan fingerprint density at radius 1 is 0.342 bits per heavy atom. The summed E-state index contributed by atoms with van der Waals surface area (Å²) >= 11 is 0. The topological polar surface area (TPSA) is 80.9 Å². The Bertz CT molecular complexity index is 2790. The zero-order chi connectivity index (χ0) is 51.2. The first kappa shape index (κ1) is 58.2. The fourth-order valence-corrected chi connectivity index (χ4v) is 15.2. The van der Waals surface area contributed by atoms with Crippen LogP contribution in [-0.2, 0) is 27.2 Å². The Hall–Kier alpha value is -7.06. The minimum atomic E-state index is -1.06. The van der Waals surface area contributed by atoms with Crippen molar-refractivity contribution < 1.29 is 42.5 Å². The molecule has 4 nitrogen and oxygen atoms in total. The SMILES string of the molecule is COc1ccc2cc(C(C)C(=O)[O-])ccc2c1.O.[Ag+].c1ccc(P(c2ccccc2)c2ccccc2)cc1.c1ccc(P(c2ccccc2)c2ccccc2)cc1.c1ccc(P(c2ccccc2)c2ccccc2)cc1. The quantitative estimate of drug-likeness (QED) is 0.0903. The molecule has 0 radical (unpaired) electrons. The van der Waals surface area contributed by atoms with E-state index in [9.17, 15) is 9.90 Å². The van der Waals surface area contributed by atoms with Gasteiger partial charge in [-0.25, -0.2) is 0 Å². The van der Waals surface area contributed by atoms with Crippen LogP contribution in [0.4, 0.5) is 0 Å². The van der Waals surface area contributed by atoms with Gasteiger partial charge in [-0.1, -0.05) is 304 Å². The largest absolute Gasteiger partial charge is 1.00 e. The van der Waals surface area contributed by atoms with Gasteiger partial charge in [0, 0.05) is 11.9 Å². The maximum absolute atomic E-state index is 10.8. The van der Waals surface area contributed by atoms with E-state index in [2.05, 4.69) is 273 Å². The molecule has 0 saturated carbocycles. The second kappa shape index (κ2) is 31.1. The molecular weight excluding hydrogens is 1080 g/mol. The van der Waals surface area contributed by atoms with E-state index in [4.69, 9.17) is 4.74 Å². The van der Waals surface area contributed by atoms with Crippen molar-refractivity contribution in [3.05, 3.63) is 315 Å². The van der Waals surface area contributed by atoms with Crippen molar-refractivity contribution in [1.29, 1.82) is 0 Å². The van der Waals surface area contributed by atoms with Crippen molar-refractivity contribution in [2.75, 3.05) is 7.11 Å². The second-order valence-corrected chi connectivity index (χ2v) is 23.7. The summed E-state index contributed by atoms with van der Waals surface area (Å²) in [6, 6.07) is 108. The molecule has 0 aliphatic heterocycles. The van der Waals surface area contributed by atoms with Crippen LogP contribution in [0.15, 0.2) is 309 Å². The summed E-state index contributed by atoms with van der Waals surface area (Å²) in [6.45, 7) is 1.63. The molecule has 11 aromatic carbocycles. The van der Waals surface area contributed by atoms with Gasteiger partial charge in [-0.15, -0.1) is 0 Å². The molecule has 0 aliphatic rings. The Morgan fingerprint density at radius 2 is 0.553 bits per heavy atom. The molecule has 8 heteroatoms. The molecule has 11 rings (SSSR count). The van der Waals surface area contributed by atoms with Crippen LogP contribution in [0.3, 0.4) is 0 Å². The molecule has 0 saturated heterocycles. The monoisotopic (exact) mass is 1140 g/mol. The molecule has 0 heterocycles. The molecule has 76 heavy (non-hydrogen) atoms. The van der Waals surface area contributed by atoms with E-state index in [1.165, 1.54) is 47.7 Å². The Balaban J connectivity index is 0.000000163. The van der Waals surface area contributed by atoms with Gasteiger partial charge in [0.05, 0.1) is 7.11 Å².